The summed E-state index contributed by atoms with van der Waals surface area (Å²) >= 11 is 0. The Morgan fingerprint density at radius 1 is 1.45 bits per heavy atom. The van der Waals surface area contributed by atoms with Gasteiger partial charge in [0.2, 0.25) is 0 Å². The molecule has 118 valence electrons. The van der Waals surface area contributed by atoms with Gasteiger partial charge in [-0.05, 0) is 46.2 Å². The Labute approximate surface area is 129 Å². The number of nitrogen functional groups attached to an aromatic ring is 1. The van der Waals surface area contributed by atoms with Gasteiger partial charge in [0.1, 0.15) is 11.4 Å². The lowest BCUT2D eigenvalue weighted by molar-refractivity contribution is 0.0538. The van der Waals surface area contributed by atoms with Crippen LogP contribution in [0.1, 0.15) is 45.3 Å². The van der Waals surface area contributed by atoms with E-state index in [1.807, 2.05) is 26.8 Å². The summed E-state index contributed by atoms with van der Waals surface area (Å²) in [6, 6.07) is 3.87. The number of ether oxygens (including phenoxy) is 1. The maximum absolute atomic E-state index is 12.7. The summed E-state index contributed by atoms with van der Waals surface area (Å²) in [6.07, 6.45) is 3.42. The number of carbonyl (C=O) groups is 1. The third-order valence-electron chi connectivity index (χ3n) is 3.73. The van der Waals surface area contributed by atoms with Crippen LogP contribution in [0.15, 0.2) is 18.3 Å². The molecular formula is C16H22N4O2. The summed E-state index contributed by atoms with van der Waals surface area (Å²) in [7, 11) is 0. The average molecular weight is 302 g/mol. The third kappa shape index (κ3) is 2.78. The molecule has 22 heavy (non-hydrogen) atoms. The minimum Gasteiger partial charge on any atom is -0.443 e. The van der Waals surface area contributed by atoms with E-state index >= 15 is 0 Å². The Morgan fingerprint density at radius 3 is 2.86 bits per heavy atom. The number of carbonyl (C=O) groups excluding carboxylic acids is 1. The lowest BCUT2D eigenvalue weighted by Crippen LogP contribution is -2.29. The molecule has 3 rings (SSSR count). The molecular weight excluding hydrogens is 280 g/mol. The first kappa shape index (κ1) is 14.8. The summed E-state index contributed by atoms with van der Waals surface area (Å²) in [4.78, 5) is 16.8. The number of pyridine rings is 1. The average Bonchev–Trinajstić information content (AvgIpc) is 3.02. The van der Waals surface area contributed by atoms with Gasteiger partial charge in [0.05, 0.1) is 5.52 Å². The molecule has 1 aliphatic rings. The molecule has 3 heterocycles. The van der Waals surface area contributed by atoms with Gasteiger partial charge in [-0.1, -0.05) is 0 Å². The van der Waals surface area contributed by atoms with E-state index in [0.717, 1.165) is 36.0 Å². The number of hydrogen-bond acceptors (Lipinski definition) is 5. The molecule has 0 aliphatic carbocycles. The molecule has 0 radical (unpaired) electrons. The highest BCUT2D eigenvalue weighted by Gasteiger charge is 2.27. The summed E-state index contributed by atoms with van der Waals surface area (Å²) < 4.78 is 7.19. The highest BCUT2D eigenvalue weighted by Crippen LogP contribution is 2.30. The van der Waals surface area contributed by atoms with Crippen molar-refractivity contribution in [1.82, 2.24) is 14.9 Å². The number of hydrogen-bond donors (Lipinski definition) is 2. The fourth-order valence-corrected chi connectivity index (χ4v) is 2.84. The zero-order valence-electron chi connectivity index (χ0n) is 13.2. The molecule has 0 spiro atoms. The number of fused-ring (bicyclic) bond motifs is 1. The Hall–Kier alpha value is -2.08. The van der Waals surface area contributed by atoms with E-state index in [0.29, 0.717) is 5.82 Å². The van der Waals surface area contributed by atoms with Crippen molar-refractivity contribution in [3.8, 4) is 0 Å². The van der Waals surface area contributed by atoms with Crippen LogP contribution in [0.3, 0.4) is 0 Å². The zero-order chi connectivity index (χ0) is 15.9. The monoisotopic (exact) mass is 302 g/mol. The second-order valence-electron chi connectivity index (χ2n) is 6.70. The van der Waals surface area contributed by atoms with Crippen molar-refractivity contribution in [1.29, 1.82) is 0 Å². The van der Waals surface area contributed by atoms with E-state index in [-0.39, 0.29) is 12.1 Å². The fraction of sp³-hybridized carbons (Fsp3) is 0.500. The van der Waals surface area contributed by atoms with Crippen molar-refractivity contribution in [2.24, 2.45) is 0 Å². The normalized spacial score (nSPS) is 18.8. The van der Waals surface area contributed by atoms with Gasteiger partial charge < -0.3 is 15.8 Å². The Morgan fingerprint density at radius 2 is 2.23 bits per heavy atom. The standard InChI is InChI=1S/C16H22N4O2/c1-16(2,3)22-15(21)20-12-8-14(17)19-9-10(12)7-13(20)11-5-4-6-18-11/h7-9,11,18H,4-6H2,1-3H3,(H2,17,19). The van der Waals surface area contributed by atoms with Gasteiger partial charge in [-0.15, -0.1) is 0 Å². The van der Waals surface area contributed by atoms with Crippen molar-refractivity contribution < 1.29 is 9.53 Å². The van der Waals surface area contributed by atoms with E-state index in [1.54, 1.807) is 16.8 Å². The first-order valence-corrected chi connectivity index (χ1v) is 7.59. The van der Waals surface area contributed by atoms with Gasteiger partial charge >= 0.3 is 6.09 Å². The second kappa shape index (κ2) is 5.28. The molecule has 0 aromatic carbocycles. The minimum atomic E-state index is -0.549. The summed E-state index contributed by atoms with van der Waals surface area (Å²) in [6.45, 7) is 6.54. The number of rotatable bonds is 1. The molecule has 2 aromatic rings. The fourth-order valence-electron chi connectivity index (χ4n) is 2.84. The molecule has 0 saturated carbocycles. The zero-order valence-corrected chi connectivity index (χ0v) is 13.2. The van der Waals surface area contributed by atoms with Crippen molar-refractivity contribution in [2.45, 2.75) is 45.3 Å². The quantitative estimate of drug-likeness (QED) is 0.846. The Balaban J connectivity index is 2.12. The van der Waals surface area contributed by atoms with E-state index in [1.165, 1.54) is 0 Å². The number of nitrogens with zero attached hydrogens (tertiary/aromatic N) is 2. The first-order chi connectivity index (χ1) is 10.3. The molecule has 1 fully saturated rings. The van der Waals surface area contributed by atoms with Crippen LogP contribution in [-0.2, 0) is 4.74 Å². The topological polar surface area (TPSA) is 82.2 Å². The summed E-state index contributed by atoms with van der Waals surface area (Å²) in [5, 5.41) is 4.32. The molecule has 1 aliphatic heterocycles. The number of aromatic nitrogens is 2. The smallest absolute Gasteiger partial charge is 0.419 e. The highest BCUT2D eigenvalue weighted by atomic mass is 16.6. The van der Waals surface area contributed by atoms with E-state index in [2.05, 4.69) is 10.3 Å². The van der Waals surface area contributed by atoms with Crippen LogP contribution in [0, 0.1) is 0 Å². The van der Waals surface area contributed by atoms with Crippen molar-refractivity contribution in [3.05, 3.63) is 24.0 Å². The van der Waals surface area contributed by atoms with Gasteiger partial charge in [0.15, 0.2) is 0 Å². The van der Waals surface area contributed by atoms with Crippen LogP contribution in [-0.4, -0.2) is 27.8 Å². The molecule has 3 N–H and O–H groups in total. The predicted octanol–water partition coefficient (Wildman–Crippen LogP) is 2.83. The second-order valence-corrected chi connectivity index (χ2v) is 6.70. The molecule has 6 heteroatoms. The number of nitrogens with two attached hydrogens (primary N) is 1. The Kier molecular flexibility index (Phi) is 3.56. The van der Waals surface area contributed by atoms with E-state index in [4.69, 9.17) is 10.5 Å². The summed E-state index contributed by atoms with van der Waals surface area (Å²) in [5.74, 6) is 0.390. The molecule has 1 saturated heterocycles. The van der Waals surface area contributed by atoms with Crippen LogP contribution < -0.4 is 11.1 Å². The van der Waals surface area contributed by atoms with Crippen LogP contribution in [0.25, 0.3) is 10.9 Å². The molecule has 6 nitrogen and oxygen atoms in total. The molecule has 1 unspecified atom stereocenters. The third-order valence-corrected chi connectivity index (χ3v) is 3.73. The number of nitrogens with one attached hydrogen (secondary N) is 1. The van der Waals surface area contributed by atoms with Gasteiger partial charge in [-0.25, -0.2) is 14.3 Å². The van der Waals surface area contributed by atoms with Gasteiger partial charge in [0.25, 0.3) is 0 Å². The largest absolute Gasteiger partial charge is 0.443 e. The molecule has 2 aromatic heterocycles. The number of anilines is 1. The molecule has 0 bridgehead atoms. The maximum atomic E-state index is 12.7. The van der Waals surface area contributed by atoms with Crippen LogP contribution in [0.2, 0.25) is 0 Å². The predicted molar refractivity (Wildman–Crippen MR) is 85.8 cm³/mol. The SMILES string of the molecule is CC(C)(C)OC(=O)n1c(C2CCCN2)cc2cnc(N)cc21. The van der Waals surface area contributed by atoms with Crippen molar-refractivity contribution in [2.75, 3.05) is 12.3 Å². The van der Waals surface area contributed by atoms with Crippen LogP contribution >= 0.6 is 0 Å². The minimum absolute atomic E-state index is 0.154. The Bertz CT molecular complexity index is 709. The highest BCUT2D eigenvalue weighted by molar-refractivity contribution is 5.91. The van der Waals surface area contributed by atoms with Crippen LogP contribution in [0.5, 0.6) is 0 Å². The van der Waals surface area contributed by atoms with Gasteiger partial charge in [-0.2, -0.15) is 0 Å². The molecule has 0 amide bonds. The maximum Gasteiger partial charge on any atom is 0.419 e. The lowest BCUT2D eigenvalue weighted by atomic mass is 10.1. The van der Waals surface area contributed by atoms with Crippen LogP contribution in [0.4, 0.5) is 10.6 Å². The van der Waals surface area contributed by atoms with Crippen molar-refractivity contribution >= 4 is 22.8 Å². The lowest BCUT2D eigenvalue weighted by Gasteiger charge is -2.22. The van der Waals surface area contributed by atoms with Crippen molar-refractivity contribution in [3.63, 3.8) is 0 Å². The molecule has 1 atom stereocenters. The van der Waals surface area contributed by atoms with E-state index in [9.17, 15) is 4.79 Å². The van der Waals surface area contributed by atoms with Gasteiger partial charge in [0, 0.05) is 29.4 Å². The first-order valence-electron chi connectivity index (χ1n) is 7.59. The summed E-state index contributed by atoms with van der Waals surface area (Å²) in [5.41, 5.74) is 6.89. The van der Waals surface area contributed by atoms with Gasteiger partial charge in [-0.3, -0.25) is 0 Å². The van der Waals surface area contributed by atoms with E-state index < -0.39 is 5.60 Å².